The predicted molar refractivity (Wildman–Crippen MR) is 37.9 cm³/mol. The molecular weight excluding hydrogens is 116 g/mol. The van der Waals surface area contributed by atoms with E-state index in [1.54, 1.807) is 0 Å². The zero-order chi connectivity index (χ0) is 7.28. The van der Waals surface area contributed by atoms with Crippen molar-refractivity contribution in [1.82, 2.24) is 5.43 Å². The van der Waals surface area contributed by atoms with Crippen LogP contribution in [-0.4, -0.2) is 18.8 Å². The van der Waals surface area contributed by atoms with Gasteiger partial charge in [-0.3, -0.25) is 11.3 Å². The molecule has 0 fully saturated rings. The summed E-state index contributed by atoms with van der Waals surface area (Å²) < 4.78 is 5.35. The summed E-state index contributed by atoms with van der Waals surface area (Å²) >= 11 is 0. The maximum absolute atomic E-state index is 5.35. The van der Waals surface area contributed by atoms with Crippen LogP contribution in [0.1, 0.15) is 20.8 Å². The first-order valence-corrected chi connectivity index (χ1v) is 3.25. The van der Waals surface area contributed by atoms with Gasteiger partial charge in [-0.05, 0) is 20.8 Å². The normalized spacial score (nSPS) is 14.3. The first-order chi connectivity index (χ1) is 4.16. The van der Waals surface area contributed by atoms with Gasteiger partial charge in [-0.15, -0.1) is 0 Å². The summed E-state index contributed by atoms with van der Waals surface area (Å²) in [6.07, 6.45) is 0.489. The van der Waals surface area contributed by atoms with Crippen molar-refractivity contribution >= 4 is 0 Å². The molecule has 3 N–H and O–H groups in total. The molecule has 0 aliphatic carbocycles. The van der Waals surface area contributed by atoms with Crippen molar-refractivity contribution in [2.75, 3.05) is 6.54 Å². The largest absolute Gasteiger partial charge is 0.374 e. The minimum Gasteiger partial charge on any atom is -0.374 e. The van der Waals surface area contributed by atoms with Gasteiger partial charge in [0.1, 0.15) is 0 Å². The highest BCUT2D eigenvalue weighted by atomic mass is 16.5. The summed E-state index contributed by atoms with van der Waals surface area (Å²) in [5.41, 5.74) is 2.55. The maximum Gasteiger partial charge on any atom is 0.0688 e. The van der Waals surface area contributed by atoms with Crippen LogP contribution in [0.15, 0.2) is 0 Å². The number of hydrogen-bond donors (Lipinski definition) is 2. The zero-order valence-corrected chi connectivity index (χ0v) is 6.35. The average molecular weight is 132 g/mol. The van der Waals surface area contributed by atoms with Crippen LogP contribution in [-0.2, 0) is 4.74 Å². The SMILES string of the molecule is CC(C)OC(C)CNN. The third kappa shape index (κ3) is 5.76. The highest BCUT2D eigenvalue weighted by Gasteiger charge is 2.01. The lowest BCUT2D eigenvalue weighted by Crippen LogP contribution is -2.33. The van der Waals surface area contributed by atoms with E-state index >= 15 is 0 Å². The Balaban J connectivity index is 3.15. The Bertz CT molecular complexity index is 66.1. The van der Waals surface area contributed by atoms with E-state index in [1.807, 2.05) is 20.8 Å². The summed E-state index contributed by atoms with van der Waals surface area (Å²) in [6, 6.07) is 0. The highest BCUT2D eigenvalue weighted by molar-refractivity contribution is 4.51. The first kappa shape index (κ1) is 8.88. The molecule has 0 rings (SSSR count). The Kier molecular flexibility index (Phi) is 4.67. The molecule has 0 heterocycles. The smallest absolute Gasteiger partial charge is 0.0688 e. The van der Waals surface area contributed by atoms with E-state index in [0.29, 0.717) is 6.54 Å². The Labute approximate surface area is 56.5 Å². The second-order valence-electron chi connectivity index (χ2n) is 2.40. The third-order valence-electron chi connectivity index (χ3n) is 0.910. The van der Waals surface area contributed by atoms with Crippen LogP contribution in [0.25, 0.3) is 0 Å². The fourth-order valence-electron chi connectivity index (χ4n) is 0.679. The second-order valence-corrected chi connectivity index (χ2v) is 2.40. The van der Waals surface area contributed by atoms with Crippen LogP contribution in [0.5, 0.6) is 0 Å². The van der Waals surface area contributed by atoms with Gasteiger partial charge >= 0.3 is 0 Å². The van der Waals surface area contributed by atoms with Crippen LogP contribution in [0.4, 0.5) is 0 Å². The monoisotopic (exact) mass is 132 g/mol. The molecule has 9 heavy (non-hydrogen) atoms. The molecule has 0 radical (unpaired) electrons. The molecule has 0 aliphatic heterocycles. The van der Waals surface area contributed by atoms with Crippen LogP contribution in [0, 0.1) is 0 Å². The lowest BCUT2D eigenvalue weighted by molar-refractivity contribution is 0.0197. The number of ether oxygens (including phenoxy) is 1. The van der Waals surface area contributed by atoms with Crippen molar-refractivity contribution < 1.29 is 4.74 Å². The Morgan fingerprint density at radius 2 is 2.00 bits per heavy atom. The number of hydrogen-bond acceptors (Lipinski definition) is 3. The Morgan fingerprint density at radius 3 is 2.33 bits per heavy atom. The van der Waals surface area contributed by atoms with Gasteiger partial charge in [-0.2, -0.15) is 0 Å². The highest BCUT2D eigenvalue weighted by Crippen LogP contribution is 1.93. The van der Waals surface area contributed by atoms with Crippen molar-refractivity contribution in [2.45, 2.75) is 33.0 Å². The molecule has 0 aromatic carbocycles. The minimum absolute atomic E-state index is 0.204. The van der Waals surface area contributed by atoms with E-state index in [0.717, 1.165) is 0 Å². The summed E-state index contributed by atoms with van der Waals surface area (Å²) in [5, 5.41) is 0. The number of nitrogens with two attached hydrogens (primary N) is 1. The molecule has 0 amide bonds. The molecule has 0 saturated heterocycles. The van der Waals surface area contributed by atoms with E-state index < -0.39 is 0 Å². The van der Waals surface area contributed by atoms with Gasteiger partial charge in [0, 0.05) is 6.54 Å². The molecule has 1 atom stereocenters. The van der Waals surface area contributed by atoms with E-state index in [-0.39, 0.29) is 12.2 Å². The Morgan fingerprint density at radius 1 is 1.44 bits per heavy atom. The van der Waals surface area contributed by atoms with Gasteiger partial charge < -0.3 is 4.74 Å². The Hall–Kier alpha value is -0.120. The zero-order valence-electron chi connectivity index (χ0n) is 6.35. The third-order valence-corrected chi connectivity index (χ3v) is 0.910. The first-order valence-electron chi connectivity index (χ1n) is 3.25. The van der Waals surface area contributed by atoms with Crippen molar-refractivity contribution in [3.8, 4) is 0 Å². The van der Waals surface area contributed by atoms with E-state index in [2.05, 4.69) is 5.43 Å². The van der Waals surface area contributed by atoms with Crippen LogP contribution >= 0.6 is 0 Å². The summed E-state index contributed by atoms with van der Waals surface area (Å²) in [4.78, 5) is 0. The fourth-order valence-corrected chi connectivity index (χ4v) is 0.679. The van der Waals surface area contributed by atoms with Crippen molar-refractivity contribution in [2.24, 2.45) is 5.84 Å². The van der Waals surface area contributed by atoms with E-state index in [4.69, 9.17) is 10.6 Å². The topological polar surface area (TPSA) is 47.3 Å². The lowest BCUT2D eigenvalue weighted by atomic mass is 10.4. The molecule has 0 bridgehead atoms. The number of rotatable bonds is 4. The minimum atomic E-state index is 0.204. The maximum atomic E-state index is 5.35. The molecule has 0 aliphatic rings. The van der Waals surface area contributed by atoms with Gasteiger partial charge in [0.2, 0.25) is 0 Å². The molecule has 3 nitrogen and oxygen atoms in total. The van der Waals surface area contributed by atoms with Crippen molar-refractivity contribution in [3.05, 3.63) is 0 Å². The van der Waals surface area contributed by atoms with Gasteiger partial charge in [-0.1, -0.05) is 0 Å². The van der Waals surface area contributed by atoms with Crippen LogP contribution < -0.4 is 11.3 Å². The second kappa shape index (κ2) is 4.73. The fraction of sp³-hybridized carbons (Fsp3) is 1.00. The molecule has 56 valence electrons. The molecule has 3 heteroatoms. The van der Waals surface area contributed by atoms with Gasteiger partial charge in [0.05, 0.1) is 12.2 Å². The number of nitrogens with one attached hydrogen (secondary N) is 1. The number of hydrazine groups is 1. The lowest BCUT2D eigenvalue weighted by Gasteiger charge is -2.14. The van der Waals surface area contributed by atoms with Crippen molar-refractivity contribution in [1.29, 1.82) is 0 Å². The van der Waals surface area contributed by atoms with Crippen LogP contribution in [0.2, 0.25) is 0 Å². The van der Waals surface area contributed by atoms with E-state index in [1.165, 1.54) is 0 Å². The van der Waals surface area contributed by atoms with Gasteiger partial charge in [0.25, 0.3) is 0 Å². The molecule has 0 spiro atoms. The molecular formula is C6H16N2O. The van der Waals surface area contributed by atoms with Gasteiger partial charge in [0.15, 0.2) is 0 Å². The van der Waals surface area contributed by atoms with Crippen LogP contribution in [0.3, 0.4) is 0 Å². The summed E-state index contributed by atoms with van der Waals surface area (Å²) in [7, 11) is 0. The predicted octanol–water partition coefficient (Wildman–Crippen LogP) is 0.263. The molecule has 1 unspecified atom stereocenters. The molecule has 0 saturated carbocycles. The standard InChI is InChI=1S/C6H16N2O/c1-5(2)9-6(3)4-8-7/h5-6,8H,4,7H2,1-3H3. The van der Waals surface area contributed by atoms with Crippen molar-refractivity contribution in [3.63, 3.8) is 0 Å². The molecule has 0 aromatic heterocycles. The van der Waals surface area contributed by atoms with Gasteiger partial charge in [-0.25, -0.2) is 0 Å². The summed E-state index contributed by atoms with van der Waals surface area (Å²) in [5.74, 6) is 5.08. The quantitative estimate of drug-likeness (QED) is 0.426. The molecule has 0 aromatic rings. The summed E-state index contributed by atoms with van der Waals surface area (Å²) in [6.45, 7) is 6.71. The van der Waals surface area contributed by atoms with E-state index in [9.17, 15) is 0 Å². The average Bonchev–Trinajstić information content (AvgIpc) is 1.63.